The predicted molar refractivity (Wildman–Crippen MR) is 109 cm³/mol. The van der Waals surface area contributed by atoms with Crippen molar-refractivity contribution in [3.05, 3.63) is 65.4 Å². The van der Waals surface area contributed by atoms with Crippen molar-refractivity contribution in [2.24, 2.45) is 0 Å². The number of amides is 1. The highest BCUT2D eigenvalue weighted by atomic mass is 16.5. The fraction of sp³-hybridized carbons (Fsp3) is 0.227. The van der Waals surface area contributed by atoms with Crippen LogP contribution in [0.3, 0.4) is 0 Å². The number of nitrogens with one attached hydrogen (secondary N) is 1. The first kappa shape index (κ1) is 20.1. The van der Waals surface area contributed by atoms with E-state index in [0.717, 1.165) is 10.9 Å². The number of anilines is 1. The molecule has 1 aromatic heterocycles. The number of carboxylic acid groups (broad SMARTS) is 1. The summed E-state index contributed by atoms with van der Waals surface area (Å²) in [6.07, 6.45) is -0.133. The third kappa shape index (κ3) is 3.99. The van der Waals surface area contributed by atoms with Gasteiger partial charge in [0.15, 0.2) is 0 Å². The van der Waals surface area contributed by atoms with Crippen LogP contribution in [-0.2, 0) is 22.5 Å². The molecule has 0 saturated heterocycles. The van der Waals surface area contributed by atoms with Gasteiger partial charge in [-0.25, -0.2) is 9.59 Å². The van der Waals surface area contributed by atoms with Crippen LogP contribution in [0.2, 0.25) is 0 Å². The molecule has 3 aromatic rings. The van der Waals surface area contributed by atoms with Gasteiger partial charge in [-0.05, 0) is 32.0 Å². The molecule has 7 heteroatoms. The third-order valence-corrected chi connectivity index (χ3v) is 4.63. The Morgan fingerprint density at radius 2 is 1.72 bits per heavy atom. The zero-order chi connectivity index (χ0) is 21.0. The number of benzene rings is 2. The minimum atomic E-state index is -1.09. The third-order valence-electron chi connectivity index (χ3n) is 4.63. The summed E-state index contributed by atoms with van der Waals surface area (Å²) in [6.45, 7) is 4.25. The van der Waals surface area contributed by atoms with E-state index >= 15 is 0 Å². The molecule has 0 aliphatic rings. The van der Waals surface area contributed by atoms with Gasteiger partial charge in [0.2, 0.25) is 5.91 Å². The Labute approximate surface area is 167 Å². The van der Waals surface area contributed by atoms with E-state index in [2.05, 4.69) is 5.32 Å². The Bertz CT molecular complexity index is 1080. The highest BCUT2D eigenvalue weighted by molar-refractivity contribution is 6.05. The predicted octanol–water partition coefficient (Wildman–Crippen LogP) is 3.72. The molecule has 2 aromatic carbocycles. The Morgan fingerprint density at radius 3 is 2.41 bits per heavy atom. The van der Waals surface area contributed by atoms with Crippen molar-refractivity contribution in [3.8, 4) is 0 Å². The molecule has 0 fully saturated rings. The SMILES string of the molecule is CCOC(=O)c1ccccc1NC(=O)Cc1c(C(=O)O)n(CC)c2ccccc12. The maximum absolute atomic E-state index is 12.8. The second-order valence-electron chi connectivity index (χ2n) is 6.38. The summed E-state index contributed by atoms with van der Waals surface area (Å²) in [6, 6.07) is 13.8. The topological polar surface area (TPSA) is 97.6 Å². The first-order valence-corrected chi connectivity index (χ1v) is 9.37. The number of para-hydroxylation sites is 2. The maximum Gasteiger partial charge on any atom is 0.352 e. The van der Waals surface area contributed by atoms with E-state index in [1.54, 1.807) is 35.8 Å². The molecule has 2 N–H and O–H groups in total. The van der Waals surface area contributed by atoms with Crippen LogP contribution >= 0.6 is 0 Å². The summed E-state index contributed by atoms with van der Waals surface area (Å²) in [7, 11) is 0. The van der Waals surface area contributed by atoms with Crippen LogP contribution in [0.1, 0.15) is 40.3 Å². The van der Waals surface area contributed by atoms with Crippen molar-refractivity contribution in [1.29, 1.82) is 0 Å². The Kier molecular flexibility index (Phi) is 5.97. The van der Waals surface area contributed by atoms with Crippen LogP contribution in [0.25, 0.3) is 10.9 Å². The van der Waals surface area contributed by atoms with E-state index in [9.17, 15) is 19.5 Å². The lowest BCUT2D eigenvalue weighted by atomic mass is 10.1. The number of fused-ring (bicyclic) bond motifs is 1. The minimum Gasteiger partial charge on any atom is -0.477 e. The molecule has 0 aliphatic heterocycles. The lowest BCUT2D eigenvalue weighted by molar-refractivity contribution is -0.115. The number of hydrogen-bond donors (Lipinski definition) is 2. The fourth-order valence-corrected chi connectivity index (χ4v) is 3.46. The van der Waals surface area contributed by atoms with E-state index in [-0.39, 0.29) is 24.3 Å². The van der Waals surface area contributed by atoms with E-state index in [1.807, 2.05) is 31.2 Å². The van der Waals surface area contributed by atoms with Gasteiger partial charge in [-0.1, -0.05) is 30.3 Å². The van der Waals surface area contributed by atoms with E-state index < -0.39 is 17.8 Å². The second kappa shape index (κ2) is 8.60. The number of aromatic carboxylic acids is 1. The normalized spacial score (nSPS) is 10.7. The van der Waals surface area contributed by atoms with E-state index in [4.69, 9.17) is 4.74 Å². The molecular formula is C22H22N2O5. The standard InChI is InChI=1S/C22H22N2O5/c1-3-24-18-12-8-6-9-14(18)16(20(24)21(26)27)13-19(25)23-17-11-7-5-10-15(17)22(28)29-4-2/h5-12H,3-4,13H2,1-2H3,(H,23,25)(H,26,27). The number of ether oxygens (including phenoxy) is 1. The molecule has 0 aliphatic carbocycles. The van der Waals surface area contributed by atoms with Gasteiger partial charge in [-0.15, -0.1) is 0 Å². The largest absolute Gasteiger partial charge is 0.477 e. The first-order valence-electron chi connectivity index (χ1n) is 9.37. The summed E-state index contributed by atoms with van der Waals surface area (Å²) in [4.78, 5) is 36.8. The van der Waals surface area contributed by atoms with Gasteiger partial charge >= 0.3 is 11.9 Å². The monoisotopic (exact) mass is 394 g/mol. The zero-order valence-corrected chi connectivity index (χ0v) is 16.3. The minimum absolute atomic E-state index is 0.0996. The summed E-state index contributed by atoms with van der Waals surface area (Å²) < 4.78 is 6.71. The maximum atomic E-state index is 12.8. The molecule has 0 saturated carbocycles. The molecule has 1 heterocycles. The lowest BCUT2D eigenvalue weighted by Gasteiger charge is -2.11. The molecule has 29 heavy (non-hydrogen) atoms. The summed E-state index contributed by atoms with van der Waals surface area (Å²) in [5.74, 6) is -2.03. The number of carbonyl (C=O) groups excluding carboxylic acids is 2. The van der Waals surface area contributed by atoms with Gasteiger partial charge in [0.05, 0.1) is 24.3 Å². The van der Waals surface area contributed by atoms with Crippen molar-refractivity contribution in [3.63, 3.8) is 0 Å². The van der Waals surface area contributed by atoms with Crippen molar-refractivity contribution in [2.45, 2.75) is 26.8 Å². The molecule has 0 radical (unpaired) electrons. The summed E-state index contributed by atoms with van der Waals surface area (Å²) in [5, 5.41) is 13.2. The highest BCUT2D eigenvalue weighted by Gasteiger charge is 2.24. The van der Waals surface area contributed by atoms with Crippen LogP contribution in [0.5, 0.6) is 0 Å². The van der Waals surface area contributed by atoms with Crippen LogP contribution < -0.4 is 5.32 Å². The van der Waals surface area contributed by atoms with E-state index in [0.29, 0.717) is 17.8 Å². The molecular weight excluding hydrogens is 372 g/mol. The van der Waals surface area contributed by atoms with E-state index in [1.165, 1.54) is 0 Å². The van der Waals surface area contributed by atoms with Crippen LogP contribution in [0.15, 0.2) is 48.5 Å². The quantitative estimate of drug-likeness (QED) is 0.595. The second-order valence-corrected chi connectivity index (χ2v) is 6.38. The van der Waals surface area contributed by atoms with Crippen LogP contribution in [0, 0.1) is 0 Å². The number of rotatable bonds is 7. The van der Waals surface area contributed by atoms with Crippen LogP contribution in [-0.4, -0.2) is 34.1 Å². The van der Waals surface area contributed by atoms with Gasteiger partial charge in [0, 0.05) is 23.0 Å². The molecule has 0 atom stereocenters. The number of carbonyl (C=O) groups is 3. The first-order chi connectivity index (χ1) is 14.0. The van der Waals surface area contributed by atoms with Crippen molar-refractivity contribution in [2.75, 3.05) is 11.9 Å². The van der Waals surface area contributed by atoms with Gasteiger partial charge < -0.3 is 19.7 Å². The number of hydrogen-bond acceptors (Lipinski definition) is 4. The molecule has 0 bridgehead atoms. The lowest BCUT2D eigenvalue weighted by Crippen LogP contribution is -2.19. The Balaban J connectivity index is 1.95. The van der Waals surface area contributed by atoms with Gasteiger partial charge in [-0.2, -0.15) is 0 Å². The van der Waals surface area contributed by atoms with Gasteiger partial charge in [0.1, 0.15) is 5.69 Å². The fourth-order valence-electron chi connectivity index (χ4n) is 3.46. The average molecular weight is 394 g/mol. The number of aryl methyl sites for hydroxylation is 1. The number of aromatic nitrogens is 1. The molecule has 0 spiro atoms. The highest BCUT2D eigenvalue weighted by Crippen LogP contribution is 2.27. The van der Waals surface area contributed by atoms with Crippen molar-refractivity contribution in [1.82, 2.24) is 4.57 Å². The smallest absolute Gasteiger partial charge is 0.352 e. The molecule has 150 valence electrons. The number of nitrogens with zero attached hydrogens (tertiary/aromatic N) is 1. The number of carboxylic acids is 1. The zero-order valence-electron chi connectivity index (χ0n) is 16.3. The van der Waals surface area contributed by atoms with Crippen molar-refractivity contribution >= 4 is 34.4 Å². The Morgan fingerprint density at radius 1 is 1.03 bits per heavy atom. The molecule has 3 rings (SSSR count). The average Bonchev–Trinajstić information content (AvgIpc) is 3.02. The number of esters is 1. The van der Waals surface area contributed by atoms with Gasteiger partial charge in [0.25, 0.3) is 0 Å². The van der Waals surface area contributed by atoms with Crippen molar-refractivity contribution < 1.29 is 24.2 Å². The van der Waals surface area contributed by atoms with Gasteiger partial charge in [-0.3, -0.25) is 4.79 Å². The Hall–Kier alpha value is -3.61. The molecule has 0 unspecified atom stereocenters. The molecule has 1 amide bonds. The molecule has 7 nitrogen and oxygen atoms in total. The van der Waals surface area contributed by atoms with Crippen LogP contribution in [0.4, 0.5) is 5.69 Å². The summed E-state index contributed by atoms with van der Waals surface area (Å²) in [5.41, 5.74) is 1.88. The summed E-state index contributed by atoms with van der Waals surface area (Å²) >= 11 is 0.